The Labute approximate surface area is 115 Å². The maximum absolute atomic E-state index is 12.8. The van der Waals surface area contributed by atoms with Gasteiger partial charge < -0.3 is 15.8 Å². The molecule has 0 aliphatic carbocycles. The van der Waals surface area contributed by atoms with Crippen molar-refractivity contribution in [2.75, 3.05) is 11.1 Å². The standard InChI is InChI=1S/C13H16FN3OS/c1-8(2)18-11-12(15)17-19-13(11)16-7-9-3-5-10(14)6-4-9/h3-6,8,16H,7H2,1-2H3,(H2,15,17). The van der Waals surface area contributed by atoms with E-state index in [2.05, 4.69) is 9.69 Å². The molecule has 19 heavy (non-hydrogen) atoms. The normalized spacial score (nSPS) is 10.7. The van der Waals surface area contributed by atoms with E-state index in [1.54, 1.807) is 12.1 Å². The number of aromatic nitrogens is 1. The molecule has 0 radical (unpaired) electrons. The second-order valence-corrected chi connectivity index (χ2v) is 5.15. The summed E-state index contributed by atoms with van der Waals surface area (Å²) in [6, 6.07) is 6.33. The van der Waals surface area contributed by atoms with Crippen LogP contribution in [0.4, 0.5) is 15.2 Å². The molecule has 0 atom stereocenters. The molecule has 1 heterocycles. The van der Waals surface area contributed by atoms with E-state index in [0.29, 0.717) is 18.1 Å². The van der Waals surface area contributed by atoms with Crippen LogP contribution in [0.2, 0.25) is 0 Å². The Morgan fingerprint density at radius 3 is 2.68 bits per heavy atom. The van der Waals surface area contributed by atoms with Crippen molar-refractivity contribution in [1.29, 1.82) is 0 Å². The number of ether oxygens (including phenoxy) is 1. The second-order valence-electron chi connectivity index (χ2n) is 4.37. The number of hydrogen-bond acceptors (Lipinski definition) is 5. The van der Waals surface area contributed by atoms with Crippen LogP contribution in [-0.4, -0.2) is 10.5 Å². The van der Waals surface area contributed by atoms with Crippen molar-refractivity contribution in [3.05, 3.63) is 35.6 Å². The van der Waals surface area contributed by atoms with Crippen molar-refractivity contribution in [2.24, 2.45) is 0 Å². The van der Waals surface area contributed by atoms with Crippen molar-refractivity contribution >= 4 is 22.4 Å². The Morgan fingerprint density at radius 2 is 2.05 bits per heavy atom. The molecule has 3 N–H and O–H groups in total. The maximum Gasteiger partial charge on any atom is 0.197 e. The number of nitrogens with one attached hydrogen (secondary N) is 1. The van der Waals surface area contributed by atoms with Gasteiger partial charge in [0.05, 0.1) is 6.10 Å². The van der Waals surface area contributed by atoms with E-state index in [4.69, 9.17) is 10.5 Å². The molecule has 0 amide bonds. The zero-order valence-corrected chi connectivity index (χ0v) is 11.6. The van der Waals surface area contributed by atoms with Gasteiger partial charge in [0.1, 0.15) is 5.82 Å². The Kier molecular flexibility index (Phi) is 4.21. The summed E-state index contributed by atoms with van der Waals surface area (Å²) in [5, 5.41) is 3.99. The molecule has 2 rings (SSSR count). The third-order valence-corrected chi connectivity index (χ3v) is 3.19. The first-order valence-electron chi connectivity index (χ1n) is 5.96. The van der Waals surface area contributed by atoms with Crippen molar-refractivity contribution in [3.63, 3.8) is 0 Å². The third-order valence-electron chi connectivity index (χ3n) is 2.39. The van der Waals surface area contributed by atoms with Crippen LogP contribution in [0.15, 0.2) is 24.3 Å². The smallest absolute Gasteiger partial charge is 0.197 e. The van der Waals surface area contributed by atoms with Crippen LogP contribution in [0.3, 0.4) is 0 Å². The highest BCUT2D eigenvalue weighted by atomic mass is 32.1. The maximum atomic E-state index is 12.8. The molecule has 0 saturated carbocycles. The van der Waals surface area contributed by atoms with Gasteiger partial charge in [-0.1, -0.05) is 12.1 Å². The fourth-order valence-electron chi connectivity index (χ4n) is 1.54. The lowest BCUT2D eigenvalue weighted by Gasteiger charge is -2.11. The number of anilines is 2. The first-order chi connectivity index (χ1) is 9.06. The Hall–Kier alpha value is -1.82. The molecule has 102 valence electrons. The largest absolute Gasteiger partial charge is 0.484 e. The van der Waals surface area contributed by atoms with E-state index in [1.807, 2.05) is 13.8 Å². The molecule has 1 aromatic heterocycles. The van der Waals surface area contributed by atoms with Crippen LogP contribution in [0.25, 0.3) is 0 Å². The molecule has 0 aliphatic rings. The first-order valence-corrected chi connectivity index (χ1v) is 6.73. The van der Waals surface area contributed by atoms with Crippen LogP contribution in [0, 0.1) is 5.82 Å². The number of halogens is 1. The lowest BCUT2D eigenvalue weighted by molar-refractivity contribution is 0.245. The minimum atomic E-state index is -0.241. The van der Waals surface area contributed by atoms with Gasteiger partial charge in [-0.15, -0.1) is 0 Å². The summed E-state index contributed by atoms with van der Waals surface area (Å²) >= 11 is 1.26. The van der Waals surface area contributed by atoms with Gasteiger partial charge in [0.25, 0.3) is 0 Å². The molecule has 1 aromatic carbocycles. The second kappa shape index (κ2) is 5.88. The molecule has 0 fully saturated rings. The monoisotopic (exact) mass is 281 g/mol. The number of rotatable bonds is 5. The summed E-state index contributed by atoms with van der Waals surface area (Å²) in [6.07, 6.45) is 0.0325. The fraction of sp³-hybridized carbons (Fsp3) is 0.308. The summed E-state index contributed by atoms with van der Waals surface area (Å²) in [6.45, 7) is 4.43. The van der Waals surface area contributed by atoms with Crippen LogP contribution < -0.4 is 15.8 Å². The van der Waals surface area contributed by atoms with Gasteiger partial charge in [-0.25, -0.2) is 4.39 Å². The first kappa shape index (κ1) is 13.6. The lowest BCUT2D eigenvalue weighted by Crippen LogP contribution is -2.08. The molecule has 6 heteroatoms. The summed E-state index contributed by atoms with van der Waals surface area (Å²) in [7, 11) is 0. The fourth-order valence-corrected chi connectivity index (χ4v) is 2.19. The number of nitrogen functional groups attached to an aromatic ring is 1. The van der Waals surface area contributed by atoms with Crippen molar-refractivity contribution in [1.82, 2.24) is 4.37 Å². The zero-order valence-electron chi connectivity index (χ0n) is 10.8. The van der Waals surface area contributed by atoms with Crippen molar-refractivity contribution in [2.45, 2.75) is 26.5 Å². The van der Waals surface area contributed by atoms with Crippen molar-refractivity contribution in [3.8, 4) is 5.75 Å². The average molecular weight is 281 g/mol. The molecule has 4 nitrogen and oxygen atoms in total. The predicted molar refractivity (Wildman–Crippen MR) is 76.0 cm³/mol. The Bertz CT molecular complexity index is 539. The van der Waals surface area contributed by atoms with Crippen LogP contribution in [0.5, 0.6) is 5.75 Å². The van der Waals surface area contributed by atoms with Gasteiger partial charge in [-0.05, 0) is 43.1 Å². The van der Waals surface area contributed by atoms with Crippen LogP contribution in [0.1, 0.15) is 19.4 Å². The Balaban J connectivity index is 2.05. The number of nitrogens with zero attached hydrogens (tertiary/aromatic N) is 1. The summed E-state index contributed by atoms with van der Waals surface area (Å²) in [5.41, 5.74) is 6.74. The van der Waals surface area contributed by atoms with Gasteiger partial charge in [0, 0.05) is 6.54 Å². The van der Waals surface area contributed by atoms with E-state index in [0.717, 1.165) is 10.6 Å². The molecular formula is C13H16FN3OS. The minimum absolute atomic E-state index is 0.0325. The van der Waals surface area contributed by atoms with E-state index in [1.165, 1.54) is 23.7 Å². The molecule has 2 aromatic rings. The highest BCUT2D eigenvalue weighted by Crippen LogP contribution is 2.36. The van der Waals surface area contributed by atoms with E-state index in [9.17, 15) is 4.39 Å². The number of hydrogen-bond donors (Lipinski definition) is 2. The van der Waals surface area contributed by atoms with E-state index >= 15 is 0 Å². The number of nitrogens with two attached hydrogens (primary N) is 1. The quantitative estimate of drug-likeness (QED) is 0.883. The topological polar surface area (TPSA) is 60.2 Å². The van der Waals surface area contributed by atoms with Crippen molar-refractivity contribution < 1.29 is 9.13 Å². The van der Waals surface area contributed by atoms with Gasteiger partial charge in [-0.2, -0.15) is 4.37 Å². The molecule has 0 unspecified atom stereocenters. The molecular weight excluding hydrogens is 265 g/mol. The van der Waals surface area contributed by atoms with Crippen LogP contribution >= 0.6 is 11.5 Å². The van der Waals surface area contributed by atoms with E-state index in [-0.39, 0.29) is 11.9 Å². The van der Waals surface area contributed by atoms with Crippen LogP contribution in [-0.2, 0) is 6.54 Å². The lowest BCUT2D eigenvalue weighted by atomic mass is 10.2. The van der Waals surface area contributed by atoms with Gasteiger partial charge >= 0.3 is 0 Å². The zero-order chi connectivity index (χ0) is 13.8. The molecule has 0 bridgehead atoms. The minimum Gasteiger partial charge on any atom is -0.484 e. The summed E-state index contributed by atoms with van der Waals surface area (Å²) in [5.74, 6) is 0.733. The summed E-state index contributed by atoms with van der Waals surface area (Å²) in [4.78, 5) is 0. The van der Waals surface area contributed by atoms with Gasteiger partial charge in [0.15, 0.2) is 16.6 Å². The predicted octanol–water partition coefficient (Wildman–Crippen LogP) is 3.26. The van der Waals surface area contributed by atoms with Gasteiger partial charge in [0.2, 0.25) is 0 Å². The molecule has 0 spiro atoms. The average Bonchev–Trinajstić information content (AvgIpc) is 2.70. The van der Waals surface area contributed by atoms with Gasteiger partial charge in [-0.3, -0.25) is 0 Å². The van der Waals surface area contributed by atoms with E-state index < -0.39 is 0 Å². The molecule has 0 aliphatic heterocycles. The highest BCUT2D eigenvalue weighted by Gasteiger charge is 2.14. The SMILES string of the molecule is CC(C)Oc1c(N)nsc1NCc1ccc(F)cc1. The number of benzene rings is 1. The third kappa shape index (κ3) is 3.57. The highest BCUT2D eigenvalue weighted by molar-refractivity contribution is 7.11. The summed E-state index contributed by atoms with van der Waals surface area (Å²) < 4.78 is 22.5. The Morgan fingerprint density at radius 1 is 1.37 bits per heavy atom. The molecule has 0 saturated heterocycles.